The Morgan fingerprint density at radius 1 is 1.41 bits per heavy atom. The van der Waals surface area contributed by atoms with Gasteiger partial charge in [0.2, 0.25) is 0 Å². The molecule has 0 aromatic carbocycles. The molecule has 0 unspecified atom stereocenters. The highest BCUT2D eigenvalue weighted by molar-refractivity contribution is 5.68. The lowest BCUT2D eigenvalue weighted by atomic mass is 9.89. The van der Waals surface area contributed by atoms with Crippen molar-refractivity contribution in [2.45, 2.75) is 65.1 Å². The molecule has 0 radical (unpaired) electrons. The Kier molecular flexibility index (Phi) is 4.42. The normalized spacial score (nSPS) is 26.2. The minimum Gasteiger partial charge on any atom is -0.444 e. The largest absolute Gasteiger partial charge is 0.444 e. The first-order valence-electron chi connectivity index (χ1n) is 6.47. The molecular weight excluding hydrogens is 216 g/mol. The summed E-state index contributed by atoms with van der Waals surface area (Å²) in [5.41, 5.74) is 5.68. The summed E-state index contributed by atoms with van der Waals surface area (Å²) in [6, 6.07) is 0.162. The molecule has 1 amide bonds. The van der Waals surface area contributed by atoms with Crippen molar-refractivity contribution in [3.8, 4) is 0 Å². The van der Waals surface area contributed by atoms with Gasteiger partial charge >= 0.3 is 6.09 Å². The molecule has 1 fully saturated rings. The van der Waals surface area contributed by atoms with Crippen LogP contribution in [0.25, 0.3) is 0 Å². The average molecular weight is 242 g/mol. The lowest BCUT2D eigenvalue weighted by Gasteiger charge is -2.42. The van der Waals surface area contributed by atoms with Gasteiger partial charge in [-0.25, -0.2) is 4.79 Å². The minimum atomic E-state index is -0.444. The minimum absolute atomic E-state index is 0.0660. The number of likely N-dealkylation sites (tertiary alicyclic amines) is 1. The predicted octanol–water partition coefficient (Wildman–Crippen LogP) is 2.37. The van der Waals surface area contributed by atoms with Crippen molar-refractivity contribution < 1.29 is 9.53 Å². The van der Waals surface area contributed by atoms with Crippen molar-refractivity contribution in [3.63, 3.8) is 0 Å². The molecule has 17 heavy (non-hydrogen) atoms. The first-order valence-corrected chi connectivity index (χ1v) is 6.47. The first-order chi connectivity index (χ1) is 7.72. The topological polar surface area (TPSA) is 55.6 Å². The molecule has 1 heterocycles. The van der Waals surface area contributed by atoms with Gasteiger partial charge in [0.25, 0.3) is 0 Å². The zero-order chi connectivity index (χ0) is 13.2. The van der Waals surface area contributed by atoms with E-state index < -0.39 is 5.60 Å². The van der Waals surface area contributed by atoms with E-state index >= 15 is 0 Å². The molecule has 0 aliphatic carbocycles. The third kappa shape index (κ3) is 3.87. The number of nitrogens with two attached hydrogens (primary N) is 1. The van der Waals surface area contributed by atoms with Crippen molar-refractivity contribution >= 4 is 6.09 Å². The Hall–Kier alpha value is -0.770. The highest BCUT2D eigenvalue weighted by atomic mass is 16.6. The van der Waals surface area contributed by atoms with Crippen LogP contribution in [0, 0.1) is 5.92 Å². The van der Waals surface area contributed by atoms with Crippen LogP contribution in [0.5, 0.6) is 0 Å². The number of rotatable bonds is 1. The SMILES string of the molecule is CC(C)[C@@H]1[C@@H](N)CCCN1C(=O)OC(C)(C)C. The van der Waals surface area contributed by atoms with Gasteiger partial charge in [-0.1, -0.05) is 13.8 Å². The Balaban J connectivity index is 2.75. The molecule has 4 nitrogen and oxygen atoms in total. The van der Waals surface area contributed by atoms with E-state index in [1.165, 1.54) is 0 Å². The van der Waals surface area contributed by atoms with Gasteiger partial charge in [-0.05, 0) is 39.5 Å². The van der Waals surface area contributed by atoms with Gasteiger partial charge in [-0.3, -0.25) is 0 Å². The molecule has 100 valence electrons. The Bertz CT molecular complexity index is 271. The monoisotopic (exact) mass is 242 g/mol. The molecule has 2 atom stereocenters. The summed E-state index contributed by atoms with van der Waals surface area (Å²) in [6.45, 7) is 10.6. The fourth-order valence-corrected chi connectivity index (χ4v) is 2.44. The van der Waals surface area contributed by atoms with Gasteiger partial charge in [-0.15, -0.1) is 0 Å². The van der Waals surface area contributed by atoms with Crippen molar-refractivity contribution in [1.29, 1.82) is 0 Å². The van der Waals surface area contributed by atoms with E-state index in [0.717, 1.165) is 19.4 Å². The van der Waals surface area contributed by atoms with E-state index in [9.17, 15) is 4.79 Å². The maximum absolute atomic E-state index is 12.1. The van der Waals surface area contributed by atoms with Gasteiger partial charge in [-0.2, -0.15) is 0 Å². The number of hydrogen-bond donors (Lipinski definition) is 1. The van der Waals surface area contributed by atoms with Crippen molar-refractivity contribution in [3.05, 3.63) is 0 Å². The van der Waals surface area contributed by atoms with Crippen LogP contribution in [-0.4, -0.2) is 35.2 Å². The van der Waals surface area contributed by atoms with E-state index in [-0.39, 0.29) is 18.2 Å². The molecule has 1 rings (SSSR count). The smallest absolute Gasteiger partial charge is 0.410 e. The molecule has 0 aromatic heterocycles. The standard InChI is InChI=1S/C13H26N2O2/c1-9(2)11-10(14)7-6-8-15(11)12(16)17-13(3,4)5/h9-11H,6-8,14H2,1-5H3/t10-,11+/m0/s1. The molecular formula is C13H26N2O2. The predicted molar refractivity (Wildman–Crippen MR) is 68.8 cm³/mol. The molecule has 1 aliphatic heterocycles. The lowest BCUT2D eigenvalue weighted by Crippen LogP contribution is -2.57. The van der Waals surface area contributed by atoms with Crippen LogP contribution in [0.1, 0.15) is 47.5 Å². The third-order valence-electron chi connectivity index (χ3n) is 3.05. The van der Waals surface area contributed by atoms with Gasteiger partial charge in [0.1, 0.15) is 5.60 Å². The van der Waals surface area contributed by atoms with Gasteiger partial charge < -0.3 is 15.4 Å². The second-order valence-corrected chi connectivity index (χ2v) is 6.21. The number of nitrogens with zero attached hydrogens (tertiary/aromatic N) is 1. The van der Waals surface area contributed by atoms with Crippen LogP contribution >= 0.6 is 0 Å². The zero-order valence-electron chi connectivity index (χ0n) is 11.7. The van der Waals surface area contributed by atoms with Crippen LogP contribution in [0.15, 0.2) is 0 Å². The van der Waals surface area contributed by atoms with E-state index in [1.54, 1.807) is 0 Å². The molecule has 4 heteroatoms. The van der Waals surface area contributed by atoms with Crippen LogP contribution < -0.4 is 5.73 Å². The molecule has 1 saturated heterocycles. The van der Waals surface area contributed by atoms with Crippen LogP contribution in [0.2, 0.25) is 0 Å². The number of carbonyl (C=O) groups excluding carboxylic acids is 1. The molecule has 0 saturated carbocycles. The van der Waals surface area contributed by atoms with Crippen LogP contribution in [-0.2, 0) is 4.74 Å². The maximum atomic E-state index is 12.1. The number of piperidine rings is 1. The first kappa shape index (κ1) is 14.3. The third-order valence-corrected chi connectivity index (χ3v) is 3.05. The molecule has 0 aromatic rings. The molecule has 2 N–H and O–H groups in total. The summed E-state index contributed by atoms with van der Waals surface area (Å²) >= 11 is 0. The highest BCUT2D eigenvalue weighted by Crippen LogP contribution is 2.24. The highest BCUT2D eigenvalue weighted by Gasteiger charge is 2.36. The molecule has 0 spiro atoms. The van der Waals surface area contributed by atoms with E-state index in [2.05, 4.69) is 13.8 Å². The average Bonchev–Trinajstić information content (AvgIpc) is 2.13. The number of hydrogen-bond acceptors (Lipinski definition) is 3. The lowest BCUT2D eigenvalue weighted by molar-refractivity contribution is -0.00000603. The fourth-order valence-electron chi connectivity index (χ4n) is 2.44. The Labute approximate surface area is 104 Å². The van der Waals surface area contributed by atoms with E-state index in [1.807, 2.05) is 25.7 Å². The number of ether oxygens (including phenoxy) is 1. The fraction of sp³-hybridized carbons (Fsp3) is 0.923. The summed E-state index contributed by atoms with van der Waals surface area (Å²) in [6.07, 6.45) is 1.72. The van der Waals surface area contributed by atoms with Crippen molar-refractivity contribution in [2.75, 3.05) is 6.54 Å². The number of carbonyl (C=O) groups is 1. The van der Waals surface area contributed by atoms with Crippen LogP contribution in [0.3, 0.4) is 0 Å². The summed E-state index contributed by atoms with van der Waals surface area (Å²) in [5, 5.41) is 0. The Morgan fingerprint density at radius 3 is 2.47 bits per heavy atom. The summed E-state index contributed by atoms with van der Waals surface area (Å²) in [7, 11) is 0. The van der Waals surface area contributed by atoms with Crippen molar-refractivity contribution in [2.24, 2.45) is 11.7 Å². The van der Waals surface area contributed by atoms with E-state index in [0.29, 0.717) is 5.92 Å². The second-order valence-electron chi connectivity index (χ2n) is 6.21. The Morgan fingerprint density at radius 2 is 2.00 bits per heavy atom. The summed E-state index contributed by atoms with van der Waals surface area (Å²) in [4.78, 5) is 13.9. The van der Waals surface area contributed by atoms with Gasteiger partial charge in [0.05, 0.1) is 6.04 Å². The summed E-state index contributed by atoms with van der Waals surface area (Å²) < 4.78 is 5.44. The second kappa shape index (κ2) is 5.25. The van der Waals surface area contributed by atoms with E-state index in [4.69, 9.17) is 10.5 Å². The van der Waals surface area contributed by atoms with Crippen LogP contribution in [0.4, 0.5) is 4.79 Å². The van der Waals surface area contributed by atoms with Crippen molar-refractivity contribution in [1.82, 2.24) is 4.90 Å². The van der Waals surface area contributed by atoms with Gasteiger partial charge in [0.15, 0.2) is 0 Å². The summed E-state index contributed by atoms with van der Waals surface area (Å²) in [5.74, 6) is 0.359. The molecule has 1 aliphatic rings. The van der Waals surface area contributed by atoms with Gasteiger partial charge in [0, 0.05) is 12.6 Å². The zero-order valence-corrected chi connectivity index (χ0v) is 11.7. The molecule has 0 bridgehead atoms. The number of amides is 1. The quantitative estimate of drug-likeness (QED) is 0.768. The maximum Gasteiger partial charge on any atom is 0.410 e.